The summed E-state index contributed by atoms with van der Waals surface area (Å²) in [5.41, 5.74) is 3.18. The molecule has 0 aromatic heterocycles. The quantitative estimate of drug-likeness (QED) is 0.763. The second-order valence-corrected chi connectivity index (χ2v) is 6.88. The smallest absolute Gasteiger partial charge is 0.186 e. The van der Waals surface area contributed by atoms with Crippen molar-refractivity contribution in [2.24, 2.45) is 0 Å². The van der Waals surface area contributed by atoms with E-state index in [1.165, 1.54) is 0 Å². The van der Waals surface area contributed by atoms with Gasteiger partial charge in [0, 0.05) is 24.4 Å². The molecule has 0 saturated carbocycles. The lowest BCUT2D eigenvalue weighted by Gasteiger charge is -2.41. The summed E-state index contributed by atoms with van der Waals surface area (Å²) in [5.74, 6) is 0. The van der Waals surface area contributed by atoms with Crippen LogP contribution in [0, 0.1) is 0 Å². The Hall–Kier alpha value is -1.96. The molecule has 3 aliphatic rings. The Morgan fingerprint density at radius 1 is 0.889 bits per heavy atom. The van der Waals surface area contributed by atoms with Gasteiger partial charge < -0.3 is 29.7 Å². The molecule has 3 saturated heterocycles. The van der Waals surface area contributed by atoms with Crippen LogP contribution >= 0.6 is 0 Å². The number of hydrogen-bond acceptors (Lipinski definition) is 6. The Bertz CT molecular complexity index is 738. The molecule has 3 aliphatic heterocycles. The second-order valence-electron chi connectivity index (χ2n) is 6.88. The third-order valence-corrected chi connectivity index (χ3v) is 5.03. The molecule has 144 valence electrons. The van der Waals surface area contributed by atoms with E-state index in [-0.39, 0.29) is 0 Å². The lowest BCUT2D eigenvalue weighted by molar-refractivity contribution is -0.291. The first kappa shape index (κ1) is 18.4. The van der Waals surface area contributed by atoms with Gasteiger partial charge in [0.25, 0.3) is 0 Å². The van der Waals surface area contributed by atoms with E-state index in [1.54, 1.807) is 0 Å². The first-order valence-corrected chi connectivity index (χ1v) is 9.37. The van der Waals surface area contributed by atoms with Gasteiger partial charge >= 0.3 is 0 Å². The van der Waals surface area contributed by atoms with Crippen molar-refractivity contribution >= 4 is 5.69 Å². The fourth-order valence-corrected chi connectivity index (χ4v) is 3.61. The molecule has 2 bridgehead atoms. The van der Waals surface area contributed by atoms with Crippen molar-refractivity contribution < 1.29 is 24.4 Å². The summed E-state index contributed by atoms with van der Waals surface area (Å²) in [6.45, 7) is 1.32. The van der Waals surface area contributed by atoms with E-state index in [1.807, 2.05) is 36.4 Å². The van der Waals surface area contributed by atoms with Gasteiger partial charge in [0.1, 0.15) is 24.4 Å². The zero-order valence-corrected chi connectivity index (χ0v) is 15.0. The summed E-state index contributed by atoms with van der Waals surface area (Å²) in [4.78, 5) is 0. The highest BCUT2D eigenvalue weighted by Gasteiger charge is 2.46. The van der Waals surface area contributed by atoms with E-state index in [0.717, 1.165) is 16.8 Å². The Balaban J connectivity index is 1.52. The Kier molecular flexibility index (Phi) is 5.71. The van der Waals surface area contributed by atoms with Gasteiger partial charge in [-0.3, -0.25) is 0 Å². The van der Waals surface area contributed by atoms with Crippen LogP contribution in [0.25, 0.3) is 11.1 Å². The minimum atomic E-state index is -1.11. The van der Waals surface area contributed by atoms with Crippen LogP contribution in [-0.2, 0) is 14.2 Å². The van der Waals surface area contributed by atoms with E-state index in [4.69, 9.17) is 14.2 Å². The molecule has 5 unspecified atom stereocenters. The van der Waals surface area contributed by atoms with Crippen molar-refractivity contribution in [1.29, 1.82) is 0 Å². The van der Waals surface area contributed by atoms with Crippen molar-refractivity contribution in [3.63, 3.8) is 0 Å². The zero-order chi connectivity index (χ0) is 18.6. The summed E-state index contributed by atoms with van der Waals surface area (Å²) in [6, 6.07) is 18.2. The van der Waals surface area contributed by atoms with Crippen molar-refractivity contribution in [2.45, 2.75) is 37.1 Å². The molecule has 6 nitrogen and oxygen atoms in total. The van der Waals surface area contributed by atoms with Gasteiger partial charge in [-0.05, 0) is 18.1 Å². The minimum Gasteiger partial charge on any atom is -0.387 e. The van der Waals surface area contributed by atoms with Gasteiger partial charge in [-0.1, -0.05) is 48.5 Å². The molecule has 3 fully saturated rings. The molecule has 0 radical (unpaired) electrons. The van der Waals surface area contributed by atoms with E-state index in [2.05, 4.69) is 23.5 Å². The second kappa shape index (κ2) is 8.37. The van der Waals surface area contributed by atoms with Gasteiger partial charge in [-0.15, -0.1) is 0 Å². The molecule has 0 aliphatic carbocycles. The number of aliphatic hydroxyl groups is 2. The third kappa shape index (κ3) is 4.00. The lowest BCUT2D eigenvalue weighted by atomic mass is 9.98. The van der Waals surface area contributed by atoms with Crippen molar-refractivity contribution in [2.75, 3.05) is 25.1 Å². The maximum absolute atomic E-state index is 10.4. The van der Waals surface area contributed by atoms with Crippen molar-refractivity contribution in [1.82, 2.24) is 0 Å². The number of aliphatic hydroxyl groups excluding tert-OH is 2. The van der Waals surface area contributed by atoms with Gasteiger partial charge in [0.05, 0.1) is 6.61 Å². The van der Waals surface area contributed by atoms with E-state index < -0.39 is 30.7 Å². The number of nitrogens with one attached hydrogen (secondary N) is 1. The van der Waals surface area contributed by atoms with Crippen LogP contribution in [0.3, 0.4) is 0 Å². The minimum absolute atomic E-state index is 0.429. The number of benzene rings is 2. The highest BCUT2D eigenvalue weighted by atomic mass is 16.7. The number of hydrogen-bond donors (Lipinski definition) is 3. The maximum atomic E-state index is 10.4. The Morgan fingerprint density at radius 3 is 2.48 bits per heavy atom. The van der Waals surface area contributed by atoms with Gasteiger partial charge in [-0.25, -0.2) is 0 Å². The molecular formula is C21H25NO5. The lowest BCUT2D eigenvalue weighted by Crippen LogP contribution is -2.60. The number of anilines is 1. The molecular weight excluding hydrogens is 346 g/mol. The van der Waals surface area contributed by atoms with Crippen LogP contribution in [0.4, 0.5) is 5.69 Å². The summed E-state index contributed by atoms with van der Waals surface area (Å²) in [5, 5.41) is 24.0. The molecule has 5 rings (SSSR count). The van der Waals surface area contributed by atoms with Crippen LogP contribution in [0.2, 0.25) is 0 Å². The van der Waals surface area contributed by atoms with Crippen LogP contribution in [0.15, 0.2) is 54.6 Å². The normalized spacial score (nSPS) is 31.0. The average molecular weight is 371 g/mol. The number of fused-ring (bicyclic) bond motifs is 6. The molecule has 0 amide bonds. The molecule has 2 aromatic carbocycles. The number of para-hydroxylation sites is 1. The highest BCUT2D eigenvalue weighted by molar-refractivity contribution is 5.77. The number of ether oxygens (including phenoxy) is 3. The molecule has 3 N–H and O–H groups in total. The average Bonchev–Trinajstić information content (AvgIpc) is 2.85. The standard InChI is InChI=1S/C21H25NO5/c23-18-19(24)21-26-12-6-11-25-20(18)17(27-21)13-22-16-10-5-4-9-15(16)14-7-2-1-3-8-14/h1-5,7-10,17-24H,6,11-13H2. The van der Waals surface area contributed by atoms with Crippen LogP contribution < -0.4 is 5.32 Å². The fourth-order valence-electron chi connectivity index (χ4n) is 3.61. The first-order chi connectivity index (χ1) is 13.2. The largest absolute Gasteiger partial charge is 0.387 e. The Morgan fingerprint density at radius 2 is 1.63 bits per heavy atom. The predicted molar refractivity (Wildman–Crippen MR) is 101 cm³/mol. The van der Waals surface area contributed by atoms with E-state index in [9.17, 15) is 10.2 Å². The summed E-state index contributed by atoms with van der Waals surface area (Å²) < 4.78 is 17.3. The van der Waals surface area contributed by atoms with Gasteiger partial charge in [-0.2, -0.15) is 0 Å². The molecule has 6 heteroatoms. The highest BCUT2D eigenvalue weighted by Crippen LogP contribution is 2.30. The van der Waals surface area contributed by atoms with Crippen LogP contribution in [0.1, 0.15) is 6.42 Å². The number of rotatable bonds is 4. The zero-order valence-electron chi connectivity index (χ0n) is 15.0. The Labute approximate surface area is 158 Å². The molecule has 3 heterocycles. The monoisotopic (exact) mass is 371 g/mol. The van der Waals surface area contributed by atoms with E-state index in [0.29, 0.717) is 26.2 Å². The topological polar surface area (TPSA) is 80.2 Å². The molecule has 27 heavy (non-hydrogen) atoms. The van der Waals surface area contributed by atoms with Gasteiger partial charge in [0.2, 0.25) is 0 Å². The third-order valence-electron chi connectivity index (χ3n) is 5.03. The van der Waals surface area contributed by atoms with Crippen molar-refractivity contribution in [3.8, 4) is 11.1 Å². The molecule has 5 atom stereocenters. The predicted octanol–water partition coefficient (Wildman–Crippen LogP) is 2.02. The SMILES string of the molecule is OC1C2OCCCOC(C(CNc3ccccc3-c3ccccc3)O2)C1O. The van der Waals surface area contributed by atoms with Crippen molar-refractivity contribution in [3.05, 3.63) is 54.6 Å². The molecule has 0 spiro atoms. The van der Waals surface area contributed by atoms with Gasteiger partial charge in [0.15, 0.2) is 6.29 Å². The fraction of sp³-hybridized carbons (Fsp3) is 0.429. The van der Waals surface area contributed by atoms with Crippen LogP contribution in [0.5, 0.6) is 0 Å². The first-order valence-electron chi connectivity index (χ1n) is 9.37. The molecule has 2 aromatic rings. The van der Waals surface area contributed by atoms with E-state index >= 15 is 0 Å². The van der Waals surface area contributed by atoms with Crippen LogP contribution in [-0.4, -0.2) is 60.7 Å². The maximum Gasteiger partial charge on any atom is 0.186 e. The summed E-state index contributed by atoms with van der Waals surface area (Å²) in [6.07, 6.45) is -3.33. The summed E-state index contributed by atoms with van der Waals surface area (Å²) >= 11 is 0. The summed E-state index contributed by atoms with van der Waals surface area (Å²) in [7, 11) is 0.